The van der Waals surface area contributed by atoms with Gasteiger partial charge in [-0.15, -0.1) is 0 Å². The molecule has 0 fully saturated rings. The molecule has 0 spiro atoms. The molecule has 1 unspecified atom stereocenters. The van der Waals surface area contributed by atoms with Crippen LogP contribution in [0.2, 0.25) is 0 Å². The molecule has 0 aliphatic heterocycles. The van der Waals surface area contributed by atoms with Gasteiger partial charge in [0.05, 0.1) is 6.61 Å². The summed E-state index contributed by atoms with van der Waals surface area (Å²) in [6, 6.07) is 0. The van der Waals surface area contributed by atoms with E-state index in [2.05, 4.69) is 93.7 Å². The van der Waals surface area contributed by atoms with Crippen molar-refractivity contribution in [2.45, 2.75) is 271 Å². The van der Waals surface area contributed by atoms with Crippen molar-refractivity contribution in [2.24, 2.45) is 0 Å². The SMILES string of the molecule is CCCCC/C=C\C/C=C\C/C=C\CCCCCCCCC(=O)OCC(COCCCCCCCC/C=C\C/C=C\CCCCC)OC(=O)CCCCCCC/C=C\CCCCCC. The Balaban J connectivity index is 4.30. The van der Waals surface area contributed by atoms with E-state index in [1.165, 1.54) is 148 Å². The van der Waals surface area contributed by atoms with Crippen molar-refractivity contribution in [1.29, 1.82) is 0 Å². The van der Waals surface area contributed by atoms with E-state index in [1.807, 2.05) is 0 Å². The Hall–Kier alpha value is -2.66. The number of allylic oxidation sites excluding steroid dienone is 12. The fourth-order valence-corrected chi connectivity index (χ4v) is 7.54. The molecule has 5 heteroatoms. The molecule has 0 aromatic rings. The Morgan fingerprint density at radius 1 is 0.344 bits per heavy atom. The molecule has 5 nitrogen and oxygen atoms in total. The monoisotopic (exact) mass is 893 g/mol. The Labute approximate surface area is 397 Å². The second-order valence-electron chi connectivity index (χ2n) is 18.1. The van der Waals surface area contributed by atoms with Gasteiger partial charge in [0, 0.05) is 19.4 Å². The molecule has 0 saturated carbocycles. The van der Waals surface area contributed by atoms with E-state index in [9.17, 15) is 9.59 Å². The zero-order chi connectivity index (χ0) is 46.3. The molecular formula is C59H104O5. The number of hydrogen-bond donors (Lipinski definition) is 0. The molecule has 0 rings (SSSR count). The van der Waals surface area contributed by atoms with Crippen LogP contribution >= 0.6 is 0 Å². The first-order chi connectivity index (χ1) is 31.6. The topological polar surface area (TPSA) is 61.8 Å². The lowest BCUT2D eigenvalue weighted by molar-refractivity contribution is -0.163. The van der Waals surface area contributed by atoms with Crippen LogP contribution in [0, 0.1) is 0 Å². The van der Waals surface area contributed by atoms with Crippen molar-refractivity contribution >= 4 is 11.9 Å². The van der Waals surface area contributed by atoms with E-state index < -0.39 is 6.10 Å². The molecule has 0 amide bonds. The number of rotatable bonds is 50. The molecule has 64 heavy (non-hydrogen) atoms. The fraction of sp³-hybridized carbons (Fsp3) is 0.763. The standard InChI is InChI=1S/C59H104O5/c1-4-7-10-13-16-19-22-25-27-29-30-31-32-35-37-40-43-46-49-52-58(60)63-56-57(64-59(61)53-50-47-44-41-38-34-24-21-18-15-12-9-6-3)55-62-54-51-48-45-42-39-36-33-28-26-23-20-17-14-11-8-5-2/h16-17,19-21,24-28,30-31,57H,4-15,18,22-23,29,32-56H2,1-3H3/b19-16-,20-17-,24-21-,27-25-,28-26-,31-30-. The van der Waals surface area contributed by atoms with E-state index >= 15 is 0 Å². The molecule has 0 heterocycles. The highest BCUT2D eigenvalue weighted by atomic mass is 16.6. The largest absolute Gasteiger partial charge is 0.462 e. The molecule has 1 atom stereocenters. The van der Waals surface area contributed by atoms with Crippen LogP contribution in [0.5, 0.6) is 0 Å². The third-order valence-corrected chi connectivity index (χ3v) is 11.7. The van der Waals surface area contributed by atoms with Gasteiger partial charge in [0.15, 0.2) is 6.10 Å². The highest BCUT2D eigenvalue weighted by molar-refractivity contribution is 5.70. The Morgan fingerprint density at radius 2 is 0.656 bits per heavy atom. The minimum absolute atomic E-state index is 0.0693. The van der Waals surface area contributed by atoms with Crippen molar-refractivity contribution in [3.63, 3.8) is 0 Å². The number of esters is 2. The minimum atomic E-state index is -0.554. The van der Waals surface area contributed by atoms with Crippen LogP contribution in [-0.2, 0) is 23.8 Å². The number of hydrogen-bond acceptors (Lipinski definition) is 5. The van der Waals surface area contributed by atoms with Gasteiger partial charge in [-0.3, -0.25) is 9.59 Å². The van der Waals surface area contributed by atoms with Gasteiger partial charge in [0.1, 0.15) is 6.61 Å². The van der Waals surface area contributed by atoms with Crippen molar-refractivity contribution in [3.05, 3.63) is 72.9 Å². The summed E-state index contributed by atoms with van der Waals surface area (Å²) in [5.41, 5.74) is 0. The smallest absolute Gasteiger partial charge is 0.306 e. The van der Waals surface area contributed by atoms with E-state index in [1.54, 1.807) is 0 Å². The first kappa shape index (κ1) is 61.3. The summed E-state index contributed by atoms with van der Waals surface area (Å²) in [7, 11) is 0. The molecular weight excluding hydrogens is 789 g/mol. The molecule has 0 saturated heterocycles. The number of unbranched alkanes of at least 4 members (excludes halogenated alkanes) is 27. The lowest BCUT2D eigenvalue weighted by Gasteiger charge is -2.18. The molecule has 0 radical (unpaired) electrons. The first-order valence-electron chi connectivity index (χ1n) is 27.5. The maximum atomic E-state index is 12.8. The van der Waals surface area contributed by atoms with Gasteiger partial charge in [-0.05, 0) is 116 Å². The molecule has 0 aromatic heterocycles. The van der Waals surface area contributed by atoms with Crippen LogP contribution in [0.1, 0.15) is 265 Å². The maximum absolute atomic E-state index is 12.8. The maximum Gasteiger partial charge on any atom is 0.306 e. The van der Waals surface area contributed by atoms with Gasteiger partial charge in [0.25, 0.3) is 0 Å². The van der Waals surface area contributed by atoms with Crippen molar-refractivity contribution in [1.82, 2.24) is 0 Å². The highest BCUT2D eigenvalue weighted by Gasteiger charge is 2.17. The first-order valence-corrected chi connectivity index (χ1v) is 27.5. The van der Waals surface area contributed by atoms with Crippen molar-refractivity contribution < 1.29 is 23.8 Å². The van der Waals surface area contributed by atoms with E-state index in [0.717, 1.165) is 83.5 Å². The van der Waals surface area contributed by atoms with Crippen molar-refractivity contribution in [3.8, 4) is 0 Å². The third kappa shape index (κ3) is 52.0. The lowest BCUT2D eigenvalue weighted by atomic mass is 10.1. The predicted octanol–water partition coefficient (Wildman–Crippen LogP) is 18.7. The number of carbonyl (C=O) groups is 2. The van der Waals surface area contributed by atoms with Crippen LogP contribution in [0.25, 0.3) is 0 Å². The van der Waals surface area contributed by atoms with Crippen LogP contribution in [0.3, 0.4) is 0 Å². The molecule has 0 bridgehead atoms. The zero-order valence-electron chi connectivity index (χ0n) is 42.5. The van der Waals surface area contributed by atoms with Gasteiger partial charge < -0.3 is 14.2 Å². The summed E-state index contributed by atoms with van der Waals surface area (Å²) in [5.74, 6) is -0.423. The van der Waals surface area contributed by atoms with Gasteiger partial charge in [-0.2, -0.15) is 0 Å². The van der Waals surface area contributed by atoms with Crippen LogP contribution in [0.4, 0.5) is 0 Å². The quantitative estimate of drug-likeness (QED) is 0.0346. The fourth-order valence-electron chi connectivity index (χ4n) is 7.54. The van der Waals surface area contributed by atoms with E-state index in [-0.39, 0.29) is 25.2 Å². The minimum Gasteiger partial charge on any atom is -0.462 e. The molecule has 0 aliphatic rings. The highest BCUT2D eigenvalue weighted by Crippen LogP contribution is 2.14. The predicted molar refractivity (Wildman–Crippen MR) is 279 cm³/mol. The summed E-state index contributed by atoms with van der Waals surface area (Å²) in [6.07, 6.45) is 70.5. The Kier molecular flexibility index (Phi) is 52.4. The summed E-state index contributed by atoms with van der Waals surface area (Å²) < 4.78 is 17.4. The normalized spacial score (nSPS) is 12.7. The van der Waals surface area contributed by atoms with E-state index in [0.29, 0.717) is 19.4 Å². The zero-order valence-corrected chi connectivity index (χ0v) is 42.5. The molecule has 370 valence electrons. The van der Waals surface area contributed by atoms with Gasteiger partial charge in [0.2, 0.25) is 0 Å². The van der Waals surface area contributed by atoms with Gasteiger partial charge >= 0.3 is 11.9 Å². The summed E-state index contributed by atoms with van der Waals surface area (Å²) in [5, 5.41) is 0. The number of ether oxygens (including phenoxy) is 3. The molecule has 0 N–H and O–H groups in total. The average Bonchev–Trinajstić information content (AvgIpc) is 3.30. The Bertz CT molecular complexity index is 1150. The second-order valence-corrected chi connectivity index (χ2v) is 18.1. The van der Waals surface area contributed by atoms with Crippen LogP contribution < -0.4 is 0 Å². The molecule has 0 aromatic carbocycles. The van der Waals surface area contributed by atoms with Crippen molar-refractivity contribution in [2.75, 3.05) is 19.8 Å². The summed E-state index contributed by atoms with van der Waals surface area (Å²) in [6.45, 7) is 7.73. The average molecular weight is 893 g/mol. The van der Waals surface area contributed by atoms with Gasteiger partial charge in [-0.25, -0.2) is 0 Å². The summed E-state index contributed by atoms with van der Waals surface area (Å²) >= 11 is 0. The van der Waals surface area contributed by atoms with Crippen LogP contribution in [0.15, 0.2) is 72.9 Å². The summed E-state index contributed by atoms with van der Waals surface area (Å²) in [4.78, 5) is 25.4. The third-order valence-electron chi connectivity index (χ3n) is 11.7. The van der Waals surface area contributed by atoms with Crippen LogP contribution in [-0.4, -0.2) is 37.9 Å². The van der Waals surface area contributed by atoms with E-state index in [4.69, 9.17) is 14.2 Å². The molecule has 0 aliphatic carbocycles. The Morgan fingerprint density at radius 3 is 1.09 bits per heavy atom. The number of carbonyl (C=O) groups excluding carboxylic acids is 2. The second kappa shape index (κ2) is 54.7. The van der Waals surface area contributed by atoms with Gasteiger partial charge in [-0.1, -0.05) is 209 Å². The lowest BCUT2D eigenvalue weighted by Crippen LogP contribution is -2.30.